The maximum atomic E-state index is 12.7. The zero-order valence-corrected chi connectivity index (χ0v) is 18.4. The van der Waals surface area contributed by atoms with Crippen molar-refractivity contribution in [2.75, 3.05) is 13.6 Å². The molecule has 0 bridgehead atoms. The van der Waals surface area contributed by atoms with E-state index in [1.807, 2.05) is 42.6 Å². The predicted molar refractivity (Wildman–Crippen MR) is 123 cm³/mol. The molecule has 2 aromatic heterocycles. The highest BCUT2D eigenvalue weighted by atomic mass is 16.2. The van der Waals surface area contributed by atoms with Crippen molar-refractivity contribution in [3.05, 3.63) is 72.2 Å². The van der Waals surface area contributed by atoms with E-state index in [2.05, 4.69) is 15.4 Å². The van der Waals surface area contributed by atoms with E-state index < -0.39 is 0 Å². The van der Waals surface area contributed by atoms with Crippen LogP contribution in [0, 0.1) is 0 Å². The van der Waals surface area contributed by atoms with Gasteiger partial charge in [-0.1, -0.05) is 31.4 Å². The minimum Gasteiger partial charge on any atom is -0.349 e. The Balaban J connectivity index is 1.39. The average molecular weight is 432 g/mol. The molecule has 1 aromatic carbocycles. The first kappa shape index (κ1) is 21.7. The lowest BCUT2D eigenvalue weighted by Crippen LogP contribution is -2.36. The predicted octanol–water partition coefficient (Wildman–Crippen LogP) is 3.78. The maximum Gasteiger partial charge on any atom is 0.255 e. The number of pyridine rings is 1. The Morgan fingerprint density at radius 1 is 1.09 bits per heavy atom. The van der Waals surface area contributed by atoms with Crippen LogP contribution in [0.1, 0.15) is 52.8 Å². The normalized spacial score (nSPS) is 14.2. The van der Waals surface area contributed by atoms with Gasteiger partial charge in [-0.3, -0.25) is 19.3 Å². The van der Waals surface area contributed by atoms with Gasteiger partial charge in [0.2, 0.25) is 0 Å². The fourth-order valence-corrected chi connectivity index (χ4v) is 4.03. The summed E-state index contributed by atoms with van der Waals surface area (Å²) in [5, 5.41) is 7.31. The van der Waals surface area contributed by atoms with Crippen molar-refractivity contribution in [1.29, 1.82) is 0 Å². The first-order valence-corrected chi connectivity index (χ1v) is 11.2. The quantitative estimate of drug-likeness (QED) is 0.617. The molecule has 0 atom stereocenters. The summed E-state index contributed by atoms with van der Waals surface area (Å²) < 4.78 is 1.79. The van der Waals surface area contributed by atoms with E-state index in [4.69, 9.17) is 0 Å². The molecule has 0 unspecified atom stereocenters. The van der Waals surface area contributed by atoms with Gasteiger partial charge in [0.1, 0.15) is 0 Å². The van der Waals surface area contributed by atoms with Gasteiger partial charge in [-0.2, -0.15) is 5.10 Å². The van der Waals surface area contributed by atoms with E-state index in [9.17, 15) is 9.59 Å². The maximum absolute atomic E-state index is 12.7. The Labute approximate surface area is 188 Å². The topological polar surface area (TPSA) is 80.1 Å². The Morgan fingerprint density at radius 2 is 1.94 bits per heavy atom. The minimum atomic E-state index is -0.0863. The number of amides is 2. The summed E-state index contributed by atoms with van der Waals surface area (Å²) in [5.41, 5.74) is 2.75. The number of nitrogens with one attached hydrogen (secondary N) is 1. The molecule has 1 fully saturated rings. The summed E-state index contributed by atoms with van der Waals surface area (Å²) >= 11 is 0. The lowest BCUT2D eigenvalue weighted by Gasteiger charge is -2.22. The van der Waals surface area contributed by atoms with Gasteiger partial charge in [-0.15, -0.1) is 0 Å². The molecule has 7 heteroatoms. The van der Waals surface area contributed by atoms with Crippen molar-refractivity contribution in [3.8, 4) is 11.3 Å². The molecule has 166 valence electrons. The fraction of sp³-hybridized carbons (Fsp3) is 0.360. The van der Waals surface area contributed by atoms with Gasteiger partial charge in [-0.05, 0) is 43.2 Å². The van der Waals surface area contributed by atoms with Gasteiger partial charge < -0.3 is 10.2 Å². The van der Waals surface area contributed by atoms with Crippen LogP contribution in [0.15, 0.2) is 61.1 Å². The summed E-state index contributed by atoms with van der Waals surface area (Å²) in [6.07, 6.45) is 10.9. The van der Waals surface area contributed by atoms with E-state index in [1.54, 1.807) is 35.1 Å². The van der Waals surface area contributed by atoms with Crippen LogP contribution in [-0.4, -0.2) is 51.1 Å². The van der Waals surface area contributed by atoms with Crippen molar-refractivity contribution >= 4 is 11.8 Å². The highest BCUT2D eigenvalue weighted by Crippen LogP contribution is 2.21. The number of carbonyl (C=O) groups excluding carboxylic acids is 2. The van der Waals surface area contributed by atoms with Crippen molar-refractivity contribution in [2.45, 2.75) is 44.7 Å². The number of likely N-dealkylation sites (N-methyl/N-ethyl adjacent to an activating group) is 1. The summed E-state index contributed by atoms with van der Waals surface area (Å²) in [5.74, 6) is -0.124. The van der Waals surface area contributed by atoms with E-state index >= 15 is 0 Å². The van der Waals surface area contributed by atoms with Gasteiger partial charge >= 0.3 is 0 Å². The summed E-state index contributed by atoms with van der Waals surface area (Å²) in [4.78, 5) is 31.5. The lowest BCUT2D eigenvalue weighted by atomic mass is 9.95. The van der Waals surface area contributed by atoms with Crippen molar-refractivity contribution < 1.29 is 9.59 Å². The van der Waals surface area contributed by atoms with Gasteiger partial charge in [0.25, 0.3) is 11.8 Å². The van der Waals surface area contributed by atoms with Crippen molar-refractivity contribution in [3.63, 3.8) is 0 Å². The highest BCUT2D eigenvalue weighted by Gasteiger charge is 2.17. The molecule has 0 aliphatic heterocycles. The number of benzene rings is 1. The van der Waals surface area contributed by atoms with Crippen molar-refractivity contribution in [1.82, 2.24) is 25.0 Å². The van der Waals surface area contributed by atoms with Crippen molar-refractivity contribution in [2.24, 2.45) is 0 Å². The Bertz CT molecular complexity index is 1040. The first-order valence-electron chi connectivity index (χ1n) is 11.2. The van der Waals surface area contributed by atoms with E-state index in [-0.39, 0.29) is 17.9 Å². The third-order valence-corrected chi connectivity index (χ3v) is 5.94. The van der Waals surface area contributed by atoms with Gasteiger partial charge in [0, 0.05) is 49.4 Å². The molecular formula is C25H29N5O2. The Hall–Kier alpha value is -3.48. The molecule has 4 rings (SSSR count). The van der Waals surface area contributed by atoms with Gasteiger partial charge in [-0.25, -0.2) is 0 Å². The number of hydrogen-bond acceptors (Lipinski definition) is 4. The van der Waals surface area contributed by atoms with Crippen LogP contribution in [0.2, 0.25) is 0 Å². The van der Waals surface area contributed by atoms with Crippen LogP contribution < -0.4 is 5.32 Å². The van der Waals surface area contributed by atoms with Crippen LogP contribution in [0.3, 0.4) is 0 Å². The standard InChI is InChI=1S/C25H29N5O2/c1-29(15-16-30-14-6-13-27-30)25(32)21-11-12-23(26-18-21)19-7-5-8-20(17-19)24(31)28-22-9-3-2-4-10-22/h5-8,11-14,17-18,22H,2-4,9-10,15-16H2,1H3,(H,28,31). The lowest BCUT2D eigenvalue weighted by molar-refractivity contribution is 0.0788. The van der Waals surface area contributed by atoms with Crippen LogP contribution in [0.5, 0.6) is 0 Å². The zero-order valence-electron chi connectivity index (χ0n) is 18.4. The molecule has 2 heterocycles. The first-order chi connectivity index (χ1) is 15.6. The summed E-state index contributed by atoms with van der Waals surface area (Å²) in [6, 6.07) is 13.2. The number of rotatable bonds is 7. The third-order valence-electron chi connectivity index (χ3n) is 5.94. The largest absolute Gasteiger partial charge is 0.349 e. The Morgan fingerprint density at radius 3 is 2.66 bits per heavy atom. The third kappa shape index (κ3) is 5.41. The summed E-state index contributed by atoms with van der Waals surface area (Å²) in [7, 11) is 1.77. The van der Waals surface area contributed by atoms with Gasteiger partial charge in [0.05, 0.1) is 17.8 Å². The second-order valence-electron chi connectivity index (χ2n) is 8.32. The molecule has 7 nitrogen and oxygen atoms in total. The average Bonchev–Trinajstić information content (AvgIpc) is 3.37. The zero-order chi connectivity index (χ0) is 22.3. The van der Waals surface area contributed by atoms with Crippen LogP contribution >= 0.6 is 0 Å². The molecule has 0 radical (unpaired) electrons. The molecule has 1 aliphatic rings. The molecule has 0 saturated heterocycles. The fourth-order valence-electron chi connectivity index (χ4n) is 4.03. The number of hydrogen-bond donors (Lipinski definition) is 1. The molecule has 1 N–H and O–H groups in total. The smallest absolute Gasteiger partial charge is 0.255 e. The van der Waals surface area contributed by atoms with Crippen LogP contribution in [0.25, 0.3) is 11.3 Å². The number of nitrogens with zero attached hydrogens (tertiary/aromatic N) is 4. The molecule has 1 aliphatic carbocycles. The molecule has 1 saturated carbocycles. The molecular weight excluding hydrogens is 402 g/mol. The minimum absolute atomic E-state index is 0.0376. The van der Waals surface area contributed by atoms with E-state index in [0.29, 0.717) is 24.2 Å². The SMILES string of the molecule is CN(CCn1cccn1)C(=O)c1ccc(-c2cccc(C(=O)NC3CCCCC3)c2)nc1. The number of aromatic nitrogens is 3. The number of carbonyl (C=O) groups is 2. The van der Waals surface area contributed by atoms with E-state index in [1.165, 1.54) is 19.3 Å². The Kier molecular flexibility index (Phi) is 6.94. The molecule has 0 spiro atoms. The van der Waals surface area contributed by atoms with E-state index in [0.717, 1.165) is 24.1 Å². The van der Waals surface area contributed by atoms with Crippen LogP contribution in [-0.2, 0) is 6.54 Å². The second-order valence-corrected chi connectivity index (χ2v) is 8.32. The molecule has 3 aromatic rings. The monoisotopic (exact) mass is 431 g/mol. The summed E-state index contributed by atoms with van der Waals surface area (Å²) in [6.45, 7) is 1.19. The highest BCUT2D eigenvalue weighted by molar-refractivity contribution is 5.96. The van der Waals surface area contributed by atoms with Gasteiger partial charge in [0.15, 0.2) is 0 Å². The second kappa shape index (κ2) is 10.2. The molecule has 32 heavy (non-hydrogen) atoms. The molecule has 2 amide bonds. The van der Waals surface area contributed by atoms with Crippen LogP contribution in [0.4, 0.5) is 0 Å².